The summed E-state index contributed by atoms with van der Waals surface area (Å²) in [4.78, 5) is 0. The van der Waals surface area contributed by atoms with Crippen LogP contribution in [0.3, 0.4) is 0 Å². The van der Waals surface area contributed by atoms with Gasteiger partial charge in [-0.3, -0.25) is 5.41 Å². The zero-order valence-corrected chi connectivity index (χ0v) is 8.10. The van der Waals surface area contributed by atoms with Crippen LogP contribution in [0.1, 0.15) is 0 Å². The van der Waals surface area contributed by atoms with Crippen LogP contribution in [0.25, 0.3) is 22.3 Å². The van der Waals surface area contributed by atoms with Crippen molar-refractivity contribution in [3.05, 3.63) is 53.9 Å². The van der Waals surface area contributed by atoms with Gasteiger partial charge in [0.05, 0.1) is 5.56 Å². The summed E-state index contributed by atoms with van der Waals surface area (Å²) in [5.41, 5.74) is 1.85. The molecule has 0 amide bonds. The number of fused-ring (bicyclic) bond motifs is 2. The molecule has 72 valence electrons. The summed E-state index contributed by atoms with van der Waals surface area (Å²) in [6, 6.07) is 15.7. The van der Waals surface area contributed by atoms with Crippen LogP contribution in [0.4, 0.5) is 0 Å². The lowest BCUT2D eigenvalue weighted by Crippen LogP contribution is -2.45. The summed E-state index contributed by atoms with van der Waals surface area (Å²) >= 11 is 0. The zero-order chi connectivity index (χ0) is 10.3. The highest BCUT2D eigenvalue weighted by atomic mass is 16.3. The maximum absolute atomic E-state index is 5.89. The van der Waals surface area contributed by atoms with Crippen molar-refractivity contribution in [2.45, 2.75) is 0 Å². The first-order valence-electron chi connectivity index (χ1n) is 4.85. The molecule has 1 aliphatic heterocycles. The summed E-state index contributed by atoms with van der Waals surface area (Å²) in [5, 5.41) is 7.71. The van der Waals surface area contributed by atoms with Gasteiger partial charge in [-0.15, -0.1) is 0 Å². The van der Waals surface area contributed by atoms with Gasteiger partial charge < -0.3 is 4.42 Å². The number of hydrogen-bond donors (Lipinski definition) is 1. The molecule has 0 radical (unpaired) electrons. The van der Waals surface area contributed by atoms with Gasteiger partial charge in [-0.1, -0.05) is 24.3 Å². The molecule has 1 heterocycles. The summed E-state index contributed by atoms with van der Waals surface area (Å²) < 4.78 is 5.75. The van der Waals surface area contributed by atoms with E-state index in [1.165, 1.54) is 0 Å². The second-order valence-corrected chi connectivity index (χ2v) is 3.54. The lowest BCUT2D eigenvalue weighted by Gasteiger charge is -2.04. The first kappa shape index (κ1) is 8.24. The average Bonchev–Trinajstić information content (AvgIpc) is 2.27. The fourth-order valence-electron chi connectivity index (χ4n) is 1.77. The Bertz CT molecular complexity index is 654. The molecule has 0 atom stereocenters. The molecule has 15 heavy (non-hydrogen) atoms. The van der Waals surface area contributed by atoms with Crippen molar-refractivity contribution in [3.8, 4) is 11.3 Å². The molecule has 0 spiro atoms. The smallest absolute Gasteiger partial charge is 0.207 e. The molecule has 0 saturated heterocycles. The first-order chi connectivity index (χ1) is 7.34. The van der Waals surface area contributed by atoms with Gasteiger partial charge >= 0.3 is 0 Å². The summed E-state index contributed by atoms with van der Waals surface area (Å²) in [7, 11) is 0. The van der Waals surface area contributed by atoms with Crippen molar-refractivity contribution in [1.29, 1.82) is 0 Å². The standard InChI is InChI=1S/C13H9NO/c14-11-5-3-7-13-10(11)8-9-4-1-2-6-12(9)15-13/h1-8,14H/p+1. The van der Waals surface area contributed by atoms with Crippen molar-refractivity contribution >= 4 is 11.0 Å². The van der Waals surface area contributed by atoms with E-state index >= 15 is 0 Å². The van der Waals surface area contributed by atoms with Gasteiger partial charge in [-0.05, 0) is 18.2 Å². The number of hydrogen-bond acceptors (Lipinski definition) is 1. The number of nitrogens with two attached hydrogens (primary N) is 1. The van der Waals surface area contributed by atoms with Crippen LogP contribution in [-0.4, -0.2) is 0 Å². The summed E-state index contributed by atoms with van der Waals surface area (Å²) in [6.45, 7) is 0. The zero-order valence-electron chi connectivity index (χ0n) is 8.10. The third-order valence-corrected chi connectivity index (χ3v) is 2.54. The second kappa shape index (κ2) is 2.95. The third-order valence-electron chi connectivity index (χ3n) is 2.54. The number of benzene rings is 2. The molecule has 1 aliphatic carbocycles. The maximum Gasteiger partial charge on any atom is 0.207 e. The van der Waals surface area contributed by atoms with E-state index in [9.17, 15) is 0 Å². The average molecular weight is 196 g/mol. The lowest BCUT2D eigenvalue weighted by atomic mass is 10.1. The summed E-state index contributed by atoms with van der Waals surface area (Å²) in [5.74, 6) is 0.828. The molecule has 0 fully saturated rings. The van der Waals surface area contributed by atoms with E-state index in [1.54, 1.807) is 0 Å². The van der Waals surface area contributed by atoms with Crippen molar-refractivity contribution in [1.82, 2.24) is 0 Å². The lowest BCUT2D eigenvalue weighted by molar-refractivity contribution is -0.171. The van der Waals surface area contributed by atoms with Gasteiger partial charge in [-0.25, -0.2) is 0 Å². The third kappa shape index (κ3) is 1.22. The minimum absolute atomic E-state index is 0.752. The van der Waals surface area contributed by atoms with Gasteiger partial charge in [0.1, 0.15) is 11.3 Å². The van der Waals surface area contributed by atoms with Crippen molar-refractivity contribution in [2.24, 2.45) is 0 Å². The SMILES string of the molecule is [NH2+]=c1cccc2oc3ccccc3cc1-2. The first-order valence-corrected chi connectivity index (χ1v) is 4.85. The Morgan fingerprint density at radius 3 is 2.73 bits per heavy atom. The Balaban J connectivity index is 2.54. The van der Waals surface area contributed by atoms with Crippen LogP contribution in [-0.2, 0) is 0 Å². The molecule has 2 heteroatoms. The molecule has 2 aliphatic rings. The van der Waals surface area contributed by atoms with E-state index in [2.05, 4.69) is 6.07 Å². The predicted molar refractivity (Wildman–Crippen MR) is 57.9 cm³/mol. The Morgan fingerprint density at radius 1 is 0.933 bits per heavy atom. The fraction of sp³-hybridized carbons (Fsp3) is 0. The Morgan fingerprint density at radius 2 is 1.80 bits per heavy atom. The van der Waals surface area contributed by atoms with Crippen molar-refractivity contribution in [2.75, 3.05) is 0 Å². The number of para-hydroxylation sites is 1. The second-order valence-electron chi connectivity index (χ2n) is 3.54. The van der Waals surface area contributed by atoms with Gasteiger partial charge in [0, 0.05) is 11.5 Å². The van der Waals surface area contributed by atoms with Crippen LogP contribution in [0.5, 0.6) is 0 Å². The van der Waals surface area contributed by atoms with Crippen molar-refractivity contribution < 1.29 is 9.83 Å². The van der Waals surface area contributed by atoms with Gasteiger partial charge in [0.2, 0.25) is 5.36 Å². The molecular weight excluding hydrogens is 186 g/mol. The van der Waals surface area contributed by atoms with Gasteiger partial charge in [-0.2, -0.15) is 0 Å². The van der Waals surface area contributed by atoms with E-state index in [1.807, 2.05) is 42.5 Å². The Kier molecular flexibility index (Phi) is 1.62. The molecule has 0 saturated carbocycles. The Hall–Kier alpha value is -2.09. The minimum atomic E-state index is 0.752. The highest BCUT2D eigenvalue weighted by Gasteiger charge is 2.09. The van der Waals surface area contributed by atoms with E-state index in [0.717, 1.165) is 27.7 Å². The molecular formula is C13H10NO+. The minimum Gasteiger partial charge on any atom is -0.456 e. The highest BCUT2D eigenvalue weighted by molar-refractivity contribution is 5.82. The molecule has 2 N–H and O–H groups in total. The molecule has 0 aromatic heterocycles. The molecule has 0 unspecified atom stereocenters. The molecule has 0 bridgehead atoms. The largest absolute Gasteiger partial charge is 0.456 e. The van der Waals surface area contributed by atoms with Crippen LogP contribution in [0, 0.1) is 0 Å². The monoisotopic (exact) mass is 196 g/mol. The number of rotatable bonds is 0. The quantitative estimate of drug-likeness (QED) is 0.539. The molecule has 1 aromatic carbocycles. The van der Waals surface area contributed by atoms with Crippen LogP contribution < -0.4 is 10.8 Å². The van der Waals surface area contributed by atoms with Crippen molar-refractivity contribution in [3.63, 3.8) is 0 Å². The topological polar surface area (TPSA) is 38.7 Å². The fourth-order valence-corrected chi connectivity index (χ4v) is 1.77. The van der Waals surface area contributed by atoms with Gasteiger partial charge in [0.25, 0.3) is 0 Å². The normalized spacial score (nSPS) is 10.9. The van der Waals surface area contributed by atoms with Crippen LogP contribution in [0.15, 0.2) is 52.9 Å². The molecule has 2 nitrogen and oxygen atoms in total. The van der Waals surface area contributed by atoms with E-state index in [-0.39, 0.29) is 0 Å². The Labute approximate surface area is 86.6 Å². The van der Waals surface area contributed by atoms with E-state index < -0.39 is 0 Å². The van der Waals surface area contributed by atoms with Crippen LogP contribution >= 0.6 is 0 Å². The van der Waals surface area contributed by atoms with Gasteiger partial charge in [0.15, 0.2) is 0 Å². The van der Waals surface area contributed by atoms with E-state index in [4.69, 9.17) is 9.83 Å². The summed E-state index contributed by atoms with van der Waals surface area (Å²) in [6.07, 6.45) is 0. The molecule has 1 aromatic rings. The predicted octanol–water partition coefficient (Wildman–Crippen LogP) is 1.20. The highest BCUT2D eigenvalue weighted by Crippen LogP contribution is 2.24. The van der Waals surface area contributed by atoms with E-state index in [0.29, 0.717) is 0 Å². The van der Waals surface area contributed by atoms with Crippen LogP contribution in [0.2, 0.25) is 0 Å². The molecule has 3 rings (SSSR count). The maximum atomic E-state index is 5.89.